The highest BCUT2D eigenvalue weighted by atomic mass is 16.5. The van der Waals surface area contributed by atoms with Gasteiger partial charge in [-0.25, -0.2) is 9.67 Å². The van der Waals surface area contributed by atoms with Crippen LogP contribution in [0.4, 0.5) is 0 Å². The number of amides is 1. The Morgan fingerprint density at radius 1 is 1.25 bits per heavy atom. The molecule has 7 nitrogen and oxygen atoms in total. The molecule has 1 amide bonds. The first kappa shape index (κ1) is 22.7. The molecule has 2 aliphatic rings. The summed E-state index contributed by atoms with van der Waals surface area (Å²) in [5, 5.41) is 7.50. The van der Waals surface area contributed by atoms with Gasteiger partial charge >= 0.3 is 0 Å². The van der Waals surface area contributed by atoms with Crippen molar-refractivity contribution >= 4 is 5.91 Å². The lowest BCUT2D eigenvalue weighted by Crippen LogP contribution is -2.48. The topological polar surface area (TPSA) is 72.3 Å². The minimum Gasteiger partial charge on any atom is -0.377 e. The van der Waals surface area contributed by atoms with Crippen LogP contribution < -0.4 is 5.32 Å². The van der Waals surface area contributed by atoms with E-state index in [9.17, 15) is 4.79 Å². The number of aromatic nitrogens is 3. The SMILES string of the molecule is C=CCOC[C@@H]1CCCN(C[C@H]2CCCCC2NC(=O)c2ccc(-n3cccn3)nc2)C1. The second kappa shape index (κ2) is 11.4. The zero-order chi connectivity index (χ0) is 22.2. The predicted molar refractivity (Wildman–Crippen MR) is 125 cm³/mol. The average molecular weight is 438 g/mol. The molecule has 1 saturated carbocycles. The Hall–Kier alpha value is -2.51. The number of carbonyl (C=O) groups is 1. The maximum Gasteiger partial charge on any atom is 0.253 e. The lowest BCUT2D eigenvalue weighted by atomic mass is 9.83. The molecule has 0 radical (unpaired) electrons. The Labute approximate surface area is 190 Å². The van der Waals surface area contributed by atoms with E-state index in [0.717, 1.165) is 32.7 Å². The highest BCUT2D eigenvalue weighted by Gasteiger charge is 2.30. The molecule has 1 unspecified atom stereocenters. The van der Waals surface area contributed by atoms with Crippen LogP contribution in [0.15, 0.2) is 49.4 Å². The molecule has 3 atom stereocenters. The smallest absolute Gasteiger partial charge is 0.253 e. The van der Waals surface area contributed by atoms with Gasteiger partial charge in [-0.3, -0.25) is 4.79 Å². The van der Waals surface area contributed by atoms with E-state index in [4.69, 9.17) is 4.74 Å². The van der Waals surface area contributed by atoms with Gasteiger partial charge in [-0.05, 0) is 62.3 Å². The van der Waals surface area contributed by atoms with Gasteiger partial charge in [0.05, 0.1) is 18.8 Å². The van der Waals surface area contributed by atoms with Gasteiger partial charge in [0.1, 0.15) is 0 Å². The molecular formula is C25H35N5O2. The van der Waals surface area contributed by atoms with Gasteiger partial charge < -0.3 is 15.0 Å². The van der Waals surface area contributed by atoms with Crippen molar-refractivity contribution in [3.05, 3.63) is 55.0 Å². The molecule has 1 aliphatic carbocycles. The summed E-state index contributed by atoms with van der Waals surface area (Å²) in [5.41, 5.74) is 0.600. The number of piperidine rings is 1. The quantitative estimate of drug-likeness (QED) is 0.480. The van der Waals surface area contributed by atoms with Crippen molar-refractivity contribution in [2.45, 2.75) is 44.6 Å². The Morgan fingerprint density at radius 2 is 2.16 bits per heavy atom. The van der Waals surface area contributed by atoms with E-state index in [0.29, 0.717) is 29.8 Å². The number of ether oxygens (including phenoxy) is 1. The largest absolute Gasteiger partial charge is 0.377 e. The molecule has 32 heavy (non-hydrogen) atoms. The van der Waals surface area contributed by atoms with E-state index in [2.05, 4.69) is 26.9 Å². The summed E-state index contributed by atoms with van der Waals surface area (Å²) in [4.78, 5) is 19.9. The molecule has 0 bridgehead atoms. The lowest BCUT2D eigenvalue weighted by Gasteiger charge is -2.39. The molecule has 1 N–H and O–H groups in total. The minimum absolute atomic E-state index is 0.0317. The van der Waals surface area contributed by atoms with E-state index in [1.54, 1.807) is 17.1 Å². The van der Waals surface area contributed by atoms with E-state index in [-0.39, 0.29) is 11.9 Å². The van der Waals surface area contributed by atoms with Crippen molar-refractivity contribution in [3.8, 4) is 5.82 Å². The summed E-state index contributed by atoms with van der Waals surface area (Å²) in [6, 6.07) is 5.74. The van der Waals surface area contributed by atoms with Gasteiger partial charge in [-0.2, -0.15) is 5.10 Å². The molecule has 3 heterocycles. The first-order valence-electron chi connectivity index (χ1n) is 11.9. The van der Waals surface area contributed by atoms with Crippen LogP contribution in [0.25, 0.3) is 5.82 Å². The number of nitrogens with zero attached hydrogens (tertiary/aromatic N) is 4. The molecule has 1 saturated heterocycles. The summed E-state index contributed by atoms with van der Waals surface area (Å²) in [6.45, 7) is 8.46. The van der Waals surface area contributed by atoms with Gasteiger partial charge in [0.25, 0.3) is 5.91 Å². The number of likely N-dealkylation sites (tertiary alicyclic amines) is 1. The number of pyridine rings is 1. The van der Waals surface area contributed by atoms with E-state index in [1.165, 1.54) is 32.1 Å². The molecule has 172 valence electrons. The van der Waals surface area contributed by atoms with E-state index in [1.807, 2.05) is 30.5 Å². The molecule has 0 spiro atoms. The third-order valence-corrected chi connectivity index (χ3v) is 6.66. The first-order valence-corrected chi connectivity index (χ1v) is 11.9. The predicted octanol–water partition coefficient (Wildman–Crippen LogP) is 3.47. The summed E-state index contributed by atoms with van der Waals surface area (Å²) >= 11 is 0. The lowest BCUT2D eigenvalue weighted by molar-refractivity contribution is 0.0599. The van der Waals surface area contributed by atoms with Crippen molar-refractivity contribution in [2.24, 2.45) is 11.8 Å². The Bertz CT molecular complexity index is 852. The summed E-state index contributed by atoms with van der Waals surface area (Å²) in [5.74, 6) is 1.77. The second-order valence-corrected chi connectivity index (χ2v) is 9.07. The molecule has 0 aromatic carbocycles. The van der Waals surface area contributed by atoms with Crippen LogP contribution in [-0.4, -0.2) is 64.5 Å². The molecular weight excluding hydrogens is 402 g/mol. The first-order chi connectivity index (χ1) is 15.7. The Balaban J connectivity index is 1.32. The molecule has 2 aromatic rings. The number of rotatable bonds is 9. The molecule has 7 heteroatoms. The van der Waals surface area contributed by atoms with Crippen molar-refractivity contribution in [3.63, 3.8) is 0 Å². The van der Waals surface area contributed by atoms with Gasteiger partial charge in [0, 0.05) is 37.7 Å². The molecule has 1 aliphatic heterocycles. The van der Waals surface area contributed by atoms with Gasteiger partial charge in [-0.15, -0.1) is 6.58 Å². The highest BCUT2D eigenvalue weighted by molar-refractivity contribution is 5.94. The zero-order valence-electron chi connectivity index (χ0n) is 18.9. The summed E-state index contributed by atoms with van der Waals surface area (Å²) < 4.78 is 7.39. The van der Waals surface area contributed by atoms with Crippen LogP contribution in [0.5, 0.6) is 0 Å². The van der Waals surface area contributed by atoms with Crippen LogP contribution in [-0.2, 0) is 4.74 Å². The fourth-order valence-corrected chi connectivity index (χ4v) is 5.03. The normalized spacial score (nSPS) is 24.2. The molecule has 4 rings (SSSR count). The van der Waals surface area contributed by atoms with Crippen LogP contribution in [0, 0.1) is 11.8 Å². The van der Waals surface area contributed by atoms with Crippen LogP contribution in [0.3, 0.4) is 0 Å². The zero-order valence-corrected chi connectivity index (χ0v) is 18.9. The third-order valence-electron chi connectivity index (χ3n) is 6.66. The number of carbonyl (C=O) groups excluding carboxylic acids is 1. The molecule has 2 aromatic heterocycles. The maximum atomic E-state index is 12.9. The number of hydrogen-bond acceptors (Lipinski definition) is 5. The standard InChI is InChI=1S/C25H35N5O2/c1-2-15-32-19-20-7-5-13-29(17-20)18-22-8-3-4-9-23(22)28-25(31)21-10-11-24(26-16-21)30-14-6-12-27-30/h2,6,10-12,14,16,20,22-23H,1,3-5,7-9,13,15,17-19H2,(H,28,31)/t20-,22-,23?/m1/s1. The second-order valence-electron chi connectivity index (χ2n) is 9.07. The average Bonchev–Trinajstić information content (AvgIpc) is 3.36. The van der Waals surface area contributed by atoms with Crippen molar-refractivity contribution in [1.82, 2.24) is 25.0 Å². The van der Waals surface area contributed by atoms with Crippen molar-refractivity contribution in [2.75, 3.05) is 32.8 Å². The van der Waals surface area contributed by atoms with Crippen molar-refractivity contribution in [1.29, 1.82) is 0 Å². The van der Waals surface area contributed by atoms with Gasteiger partial charge in [0.2, 0.25) is 0 Å². The van der Waals surface area contributed by atoms with E-state index < -0.39 is 0 Å². The third kappa shape index (κ3) is 6.04. The Kier molecular flexibility index (Phi) is 8.07. The monoisotopic (exact) mass is 437 g/mol. The van der Waals surface area contributed by atoms with Crippen LogP contribution >= 0.6 is 0 Å². The van der Waals surface area contributed by atoms with Gasteiger partial charge in [0.15, 0.2) is 5.82 Å². The summed E-state index contributed by atoms with van der Waals surface area (Å²) in [6.07, 6.45) is 14.1. The maximum absolute atomic E-state index is 12.9. The van der Waals surface area contributed by atoms with Crippen LogP contribution in [0.1, 0.15) is 48.9 Å². The van der Waals surface area contributed by atoms with Crippen molar-refractivity contribution < 1.29 is 9.53 Å². The van der Waals surface area contributed by atoms with Crippen LogP contribution in [0.2, 0.25) is 0 Å². The highest BCUT2D eigenvalue weighted by Crippen LogP contribution is 2.27. The number of nitrogens with one attached hydrogen (secondary N) is 1. The fourth-order valence-electron chi connectivity index (χ4n) is 5.03. The number of hydrogen-bond donors (Lipinski definition) is 1. The Morgan fingerprint density at radius 3 is 2.94 bits per heavy atom. The summed E-state index contributed by atoms with van der Waals surface area (Å²) in [7, 11) is 0. The molecule has 2 fully saturated rings. The van der Waals surface area contributed by atoms with Gasteiger partial charge in [-0.1, -0.05) is 18.9 Å². The fraction of sp³-hybridized carbons (Fsp3) is 0.560. The van der Waals surface area contributed by atoms with E-state index >= 15 is 0 Å². The minimum atomic E-state index is -0.0317.